The third kappa shape index (κ3) is 3.13. The average Bonchev–Trinajstić information content (AvgIpc) is 2.38. The normalized spacial score (nSPS) is 21.2. The molecule has 2 heterocycles. The molecule has 1 saturated heterocycles. The van der Waals surface area contributed by atoms with Gasteiger partial charge in [-0.05, 0) is 25.7 Å². The van der Waals surface area contributed by atoms with Crippen LogP contribution >= 0.6 is 11.6 Å². The Kier molecular flexibility index (Phi) is 4.21. The van der Waals surface area contributed by atoms with Crippen molar-refractivity contribution in [3.05, 3.63) is 27.4 Å². The summed E-state index contributed by atoms with van der Waals surface area (Å²) in [6, 6.07) is 1.47. The Bertz CT molecular complexity index is 481. The van der Waals surface area contributed by atoms with Gasteiger partial charge < -0.3 is 10.6 Å². The lowest BCUT2D eigenvalue weighted by atomic mass is 9.92. The summed E-state index contributed by atoms with van der Waals surface area (Å²) in [6.07, 6.45) is 3.37. The first kappa shape index (κ1) is 14.0. The van der Waals surface area contributed by atoms with Crippen LogP contribution in [0.4, 0.5) is 11.5 Å². The molecule has 1 aliphatic heterocycles. The molecule has 104 valence electrons. The SMILES string of the molecule is CC(N)C1CCCN(c2ncc([N+](=O)[O-])cc2Cl)C1. The standard InChI is InChI=1S/C12H17ClN4O2/c1-8(14)9-3-2-4-16(7-9)12-11(13)5-10(6-15-12)17(18)19/h5-6,8-9H,2-4,7,14H2,1H3. The number of anilines is 1. The highest BCUT2D eigenvalue weighted by Gasteiger charge is 2.25. The van der Waals surface area contributed by atoms with Crippen LogP contribution < -0.4 is 10.6 Å². The summed E-state index contributed by atoms with van der Waals surface area (Å²) in [5, 5.41) is 11.0. The summed E-state index contributed by atoms with van der Waals surface area (Å²) >= 11 is 6.09. The van der Waals surface area contributed by atoms with E-state index in [0.717, 1.165) is 25.9 Å². The van der Waals surface area contributed by atoms with Gasteiger partial charge in [-0.2, -0.15) is 0 Å². The maximum atomic E-state index is 10.7. The molecule has 2 atom stereocenters. The lowest BCUT2D eigenvalue weighted by molar-refractivity contribution is -0.385. The second-order valence-electron chi connectivity index (χ2n) is 4.96. The molecule has 1 fully saturated rings. The number of hydrogen-bond donors (Lipinski definition) is 1. The van der Waals surface area contributed by atoms with Gasteiger partial charge in [-0.25, -0.2) is 4.98 Å². The highest BCUT2D eigenvalue weighted by molar-refractivity contribution is 6.33. The van der Waals surface area contributed by atoms with Gasteiger partial charge in [0.15, 0.2) is 0 Å². The van der Waals surface area contributed by atoms with E-state index < -0.39 is 4.92 Å². The zero-order valence-corrected chi connectivity index (χ0v) is 11.5. The van der Waals surface area contributed by atoms with E-state index in [1.807, 2.05) is 6.92 Å². The molecule has 2 rings (SSSR count). The molecule has 0 bridgehead atoms. The molecule has 19 heavy (non-hydrogen) atoms. The fraction of sp³-hybridized carbons (Fsp3) is 0.583. The zero-order chi connectivity index (χ0) is 14.0. The second kappa shape index (κ2) is 5.71. The highest BCUT2D eigenvalue weighted by Crippen LogP contribution is 2.30. The Balaban J connectivity index is 2.19. The van der Waals surface area contributed by atoms with Gasteiger partial charge in [0.1, 0.15) is 12.0 Å². The molecule has 6 nitrogen and oxygen atoms in total. The van der Waals surface area contributed by atoms with Gasteiger partial charge in [0.05, 0.1) is 9.95 Å². The Hall–Kier alpha value is -1.40. The molecule has 2 unspecified atom stereocenters. The van der Waals surface area contributed by atoms with E-state index in [1.54, 1.807) is 0 Å². The summed E-state index contributed by atoms with van der Waals surface area (Å²) in [5.74, 6) is 1.01. The summed E-state index contributed by atoms with van der Waals surface area (Å²) in [6.45, 7) is 3.65. The van der Waals surface area contributed by atoms with Crippen molar-refractivity contribution in [2.45, 2.75) is 25.8 Å². The maximum Gasteiger partial charge on any atom is 0.289 e. The predicted molar refractivity (Wildman–Crippen MR) is 74.5 cm³/mol. The van der Waals surface area contributed by atoms with Gasteiger partial charge in [0, 0.05) is 25.2 Å². The average molecular weight is 285 g/mol. The van der Waals surface area contributed by atoms with E-state index in [9.17, 15) is 10.1 Å². The molecule has 7 heteroatoms. The van der Waals surface area contributed by atoms with E-state index in [0.29, 0.717) is 16.8 Å². The number of nitrogens with zero attached hydrogens (tertiary/aromatic N) is 3. The topological polar surface area (TPSA) is 85.3 Å². The van der Waals surface area contributed by atoms with Gasteiger partial charge in [-0.15, -0.1) is 0 Å². The Morgan fingerprint density at radius 2 is 2.42 bits per heavy atom. The minimum atomic E-state index is -0.496. The number of rotatable bonds is 3. The summed E-state index contributed by atoms with van der Waals surface area (Å²) < 4.78 is 0. The van der Waals surface area contributed by atoms with Crippen LogP contribution in [0.1, 0.15) is 19.8 Å². The van der Waals surface area contributed by atoms with Gasteiger partial charge in [0.2, 0.25) is 0 Å². The summed E-state index contributed by atoms with van der Waals surface area (Å²) in [4.78, 5) is 16.4. The summed E-state index contributed by atoms with van der Waals surface area (Å²) in [7, 11) is 0. The molecule has 2 N–H and O–H groups in total. The Labute approximate surface area is 116 Å². The molecular weight excluding hydrogens is 268 g/mol. The third-order valence-electron chi connectivity index (χ3n) is 3.52. The fourth-order valence-corrected chi connectivity index (χ4v) is 2.66. The number of aromatic nitrogens is 1. The van der Waals surface area contributed by atoms with Crippen LogP contribution in [0.3, 0.4) is 0 Å². The van der Waals surface area contributed by atoms with Crippen molar-refractivity contribution in [2.75, 3.05) is 18.0 Å². The van der Waals surface area contributed by atoms with Gasteiger partial charge >= 0.3 is 0 Å². The number of pyridine rings is 1. The first-order chi connectivity index (χ1) is 8.99. The number of nitro groups is 1. The lowest BCUT2D eigenvalue weighted by Gasteiger charge is -2.35. The minimum absolute atomic E-state index is 0.0884. The molecule has 0 spiro atoms. The smallest absolute Gasteiger partial charge is 0.289 e. The third-order valence-corrected chi connectivity index (χ3v) is 3.80. The second-order valence-corrected chi connectivity index (χ2v) is 5.37. The van der Waals surface area contributed by atoms with Crippen molar-refractivity contribution in [2.24, 2.45) is 11.7 Å². The molecule has 0 saturated carbocycles. The van der Waals surface area contributed by atoms with E-state index in [-0.39, 0.29) is 11.7 Å². The molecule has 0 radical (unpaired) electrons. The molecular formula is C12H17ClN4O2. The Morgan fingerprint density at radius 3 is 3.00 bits per heavy atom. The van der Waals surface area contributed by atoms with Crippen molar-refractivity contribution in [1.29, 1.82) is 0 Å². The fourth-order valence-electron chi connectivity index (χ4n) is 2.38. The first-order valence-electron chi connectivity index (χ1n) is 6.29. The number of piperidine rings is 1. The molecule has 0 aliphatic carbocycles. The summed E-state index contributed by atoms with van der Waals surface area (Å²) in [5.41, 5.74) is 5.85. The van der Waals surface area contributed by atoms with E-state index >= 15 is 0 Å². The Morgan fingerprint density at radius 1 is 1.68 bits per heavy atom. The van der Waals surface area contributed by atoms with Crippen LogP contribution in [0.2, 0.25) is 5.02 Å². The maximum absolute atomic E-state index is 10.7. The van der Waals surface area contributed by atoms with Gasteiger partial charge in [-0.3, -0.25) is 10.1 Å². The lowest BCUT2D eigenvalue weighted by Crippen LogP contribution is -2.42. The predicted octanol–water partition coefficient (Wildman–Crippen LogP) is 2.21. The van der Waals surface area contributed by atoms with E-state index in [4.69, 9.17) is 17.3 Å². The van der Waals surface area contributed by atoms with E-state index in [2.05, 4.69) is 9.88 Å². The van der Waals surface area contributed by atoms with Crippen molar-refractivity contribution in [1.82, 2.24) is 4.98 Å². The van der Waals surface area contributed by atoms with Crippen LogP contribution in [-0.2, 0) is 0 Å². The quantitative estimate of drug-likeness (QED) is 0.679. The monoisotopic (exact) mass is 284 g/mol. The number of halogens is 1. The zero-order valence-electron chi connectivity index (χ0n) is 10.8. The molecule has 1 aromatic rings. The van der Waals surface area contributed by atoms with Gasteiger partial charge in [-0.1, -0.05) is 11.6 Å². The van der Waals surface area contributed by atoms with Crippen LogP contribution in [0, 0.1) is 16.0 Å². The first-order valence-corrected chi connectivity index (χ1v) is 6.67. The van der Waals surface area contributed by atoms with E-state index in [1.165, 1.54) is 12.3 Å². The van der Waals surface area contributed by atoms with Gasteiger partial charge in [0.25, 0.3) is 5.69 Å². The van der Waals surface area contributed by atoms with Crippen LogP contribution in [0.5, 0.6) is 0 Å². The highest BCUT2D eigenvalue weighted by atomic mass is 35.5. The van der Waals surface area contributed by atoms with Crippen molar-refractivity contribution in [3.63, 3.8) is 0 Å². The molecule has 1 aliphatic rings. The minimum Gasteiger partial charge on any atom is -0.355 e. The molecule has 0 aromatic carbocycles. The van der Waals surface area contributed by atoms with Crippen LogP contribution in [-0.4, -0.2) is 29.0 Å². The number of hydrogen-bond acceptors (Lipinski definition) is 5. The molecule has 0 amide bonds. The van der Waals surface area contributed by atoms with Crippen LogP contribution in [0.25, 0.3) is 0 Å². The number of nitrogens with two attached hydrogens (primary N) is 1. The molecule has 1 aromatic heterocycles. The van der Waals surface area contributed by atoms with Crippen LogP contribution in [0.15, 0.2) is 12.3 Å². The van der Waals surface area contributed by atoms with Crippen molar-refractivity contribution >= 4 is 23.1 Å². The van der Waals surface area contributed by atoms with Crippen molar-refractivity contribution in [3.8, 4) is 0 Å². The van der Waals surface area contributed by atoms with Crippen molar-refractivity contribution < 1.29 is 4.92 Å². The largest absolute Gasteiger partial charge is 0.355 e.